The minimum atomic E-state index is -0.440. The molecule has 3 rings (SSSR count). The van der Waals surface area contributed by atoms with Crippen LogP contribution in [0.3, 0.4) is 0 Å². The molecule has 0 fully saturated rings. The smallest absolute Gasteiger partial charge is 0.274 e. The summed E-state index contributed by atoms with van der Waals surface area (Å²) >= 11 is 0. The maximum absolute atomic E-state index is 12.4. The van der Waals surface area contributed by atoms with Crippen molar-refractivity contribution < 1.29 is 9.59 Å². The molecule has 0 spiro atoms. The third-order valence-electron chi connectivity index (χ3n) is 3.88. The highest BCUT2D eigenvalue weighted by atomic mass is 16.2. The van der Waals surface area contributed by atoms with Gasteiger partial charge in [0.25, 0.3) is 11.8 Å². The summed E-state index contributed by atoms with van der Waals surface area (Å²) < 4.78 is 0. The number of para-hydroxylation sites is 1. The third-order valence-corrected chi connectivity index (χ3v) is 3.88. The fourth-order valence-corrected chi connectivity index (χ4v) is 2.41. The third kappa shape index (κ3) is 4.35. The number of rotatable bonds is 4. The molecular formula is C21H16N4O2. The maximum atomic E-state index is 12.4. The van der Waals surface area contributed by atoms with E-state index < -0.39 is 11.8 Å². The van der Waals surface area contributed by atoms with Crippen LogP contribution in [-0.4, -0.2) is 16.8 Å². The van der Waals surface area contributed by atoms with Crippen LogP contribution in [0.25, 0.3) is 0 Å². The van der Waals surface area contributed by atoms with Crippen molar-refractivity contribution in [2.45, 2.75) is 6.92 Å². The number of pyridine rings is 1. The number of nitrogens with one attached hydrogen (secondary N) is 2. The van der Waals surface area contributed by atoms with Gasteiger partial charge in [-0.3, -0.25) is 9.59 Å². The van der Waals surface area contributed by atoms with Crippen LogP contribution in [0.15, 0.2) is 66.7 Å². The number of benzene rings is 2. The minimum Gasteiger partial charge on any atom is -0.321 e. The van der Waals surface area contributed by atoms with Gasteiger partial charge >= 0.3 is 0 Å². The molecule has 3 aromatic rings. The van der Waals surface area contributed by atoms with Gasteiger partial charge in [-0.25, -0.2) is 4.98 Å². The Labute approximate surface area is 156 Å². The molecule has 2 aromatic carbocycles. The average molecular weight is 356 g/mol. The van der Waals surface area contributed by atoms with Crippen molar-refractivity contribution in [3.05, 3.63) is 89.2 Å². The quantitative estimate of drug-likeness (QED) is 0.744. The largest absolute Gasteiger partial charge is 0.321 e. The van der Waals surface area contributed by atoms with Crippen molar-refractivity contribution >= 4 is 23.2 Å². The lowest BCUT2D eigenvalue weighted by molar-refractivity contribution is 0.101. The van der Waals surface area contributed by atoms with Crippen LogP contribution >= 0.6 is 0 Å². The second-order valence-corrected chi connectivity index (χ2v) is 5.82. The summed E-state index contributed by atoms with van der Waals surface area (Å²) in [7, 11) is 0. The molecule has 0 bridgehead atoms. The normalized spacial score (nSPS) is 9.93. The molecule has 0 aliphatic heterocycles. The number of aryl methyl sites for hydroxylation is 1. The zero-order chi connectivity index (χ0) is 19.2. The van der Waals surface area contributed by atoms with Crippen molar-refractivity contribution in [2.24, 2.45) is 0 Å². The number of anilines is 2. The molecule has 2 N–H and O–H groups in total. The highest BCUT2D eigenvalue weighted by Gasteiger charge is 2.13. The number of aromatic nitrogens is 1. The monoisotopic (exact) mass is 356 g/mol. The van der Waals surface area contributed by atoms with Gasteiger partial charge in [0.1, 0.15) is 11.4 Å². The van der Waals surface area contributed by atoms with Crippen LogP contribution in [0.5, 0.6) is 0 Å². The molecule has 0 aliphatic rings. The number of nitrogens with zero attached hydrogens (tertiary/aromatic N) is 2. The van der Waals surface area contributed by atoms with Crippen LogP contribution in [0.4, 0.5) is 11.4 Å². The predicted octanol–water partition coefficient (Wildman–Crippen LogP) is 3.77. The summed E-state index contributed by atoms with van der Waals surface area (Å²) in [6.07, 6.45) is 0. The Kier molecular flexibility index (Phi) is 5.24. The molecule has 1 heterocycles. The molecular weight excluding hydrogens is 340 g/mol. The summed E-state index contributed by atoms with van der Waals surface area (Å²) in [6.45, 7) is 1.89. The average Bonchev–Trinajstić information content (AvgIpc) is 2.70. The SMILES string of the molecule is Cc1ccccc1NC(=O)c1cccc(C(=O)Nc2ccc(C#N)cc2)n1. The number of nitriles is 1. The summed E-state index contributed by atoms with van der Waals surface area (Å²) in [6, 6.07) is 20.6. The van der Waals surface area contributed by atoms with Gasteiger partial charge in [-0.15, -0.1) is 0 Å². The Hall–Kier alpha value is -3.98. The van der Waals surface area contributed by atoms with Gasteiger partial charge in [0.2, 0.25) is 0 Å². The Morgan fingerprint density at radius 2 is 1.48 bits per heavy atom. The molecule has 0 unspecified atom stereocenters. The standard InChI is InChI=1S/C21H16N4O2/c1-14-5-2-3-6-17(14)25-21(27)19-8-4-7-18(24-19)20(26)23-16-11-9-15(13-22)10-12-16/h2-12H,1H3,(H,23,26)(H,25,27). The molecule has 0 radical (unpaired) electrons. The topological polar surface area (TPSA) is 94.9 Å². The zero-order valence-electron chi connectivity index (χ0n) is 14.6. The number of hydrogen-bond donors (Lipinski definition) is 2. The van der Waals surface area contributed by atoms with E-state index in [1.54, 1.807) is 42.5 Å². The first-order chi connectivity index (χ1) is 13.1. The Morgan fingerprint density at radius 1 is 0.852 bits per heavy atom. The van der Waals surface area contributed by atoms with Gasteiger partial charge in [0, 0.05) is 11.4 Å². The van der Waals surface area contributed by atoms with Crippen LogP contribution in [-0.2, 0) is 0 Å². The fourth-order valence-electron chi connectivity index (χ4n) is 2.41. The number of carbonyl (C=O) groups is 2. The molecule has 132 valence electrons. The highest BCUT2D eigenvalue weighted by molar-refractivity contribution is 6.06. The first-order valence-electron chi connectivity index (χ1n) is 8.22. The van der Waals surface area contributed by atoms with Crippen molar-refractivity contribution in [1.29, 1.82) is 5.26 Å². The van der Waals surface area contributed by atoms with E-state index in [1.807, 2.05) is 31.2 Å². The van der Waals surface area contributed by atoms with E-state index in [0.29, 0.717) is 16.9 Å². The second-order valence-electron chi connectivity index (χ2n) is 5.82. The molecule has 0 saturated heterocycles. The van der Waals surface area contributed by atoms with E-state index in [1.165, 1.54) is 6.07 Å². The van der Waals surface area contributed by atoms with Gasteiger partial charge in [0.15, 0.2) is 0 Å². The van der Waals surface area contributed by atoms with Crippen molar-refractivity contribution in [3.8, 4) is 6.07 Å². The summed E-state index contributed by atoms with van der Waals surface area (Å²) in [4.78, 5) is 29.0. The molecule has 2 amide bonds. The second kappa shape index (κ2) is 7.93. The summed E-state index contributed by atoms with van der Waals surface area (Å²) in [5.41, 5.74) is 2.93. The van der Waals surface area contributed by atoms with Crippen molar-refractivity contribution in [1.82, 2.24) is 4.98 Å². The van der Waals surface area contributed by atoms with E-state index in [0.717, 1.165) is 5.56 Å². The van der Waals surface area contributed by atoms with Crippen LogP contribution in [0.2, 0.25) is 0 Å². The Bertz CT molecular complexity index is 1040. The summed E-state index contributed by atoms with van der Waals surface area (Å²) in [5, 5.41) is 14.3. The molecule has 1 aromatic heterocycles. The van der Waals surface area contributed by atoms with Gasteiger partial charge in [-0.1, -0.05) is 24.3 Å². The van der Waals surface area contributed by atoms with Gasteiger partial charge in [-0.05, 0) is 55.0 Å². The lowest BCUT2D eigenvalue weighted by Crippen LogP contribution is -2.18. The van der Waals surface area contributed by atoms with E-state index in [-0.39, 0.29) is 11.4 Å². The minimum absolute atomic E-state index is 0.122. The molecule has 27 heavy (non-hydrogen) atoms. The molecule has 0 atom stereocenters. The zero-order valence-corrected chi connectivity index (χ0v) is 14.6. The van der Waals surface area contributed by atoms with Gasteiger partial charge < -0.3 is 10.6 Å². The lowest BCUT2D eigenvalue weighted by Gasteiger charge is -2.09. The first-order valence-corrected chi connectivity index (χ1v) is 8.22. The molecule has 6 heteroatoms. The number of hydrogen-bond acceptors (Lipinski definition) is 4. The predicted molar refractivity (Wildman–Crippen MR) is 102 cm³/mol. The highest BCUT2D eigenvalue weighted by Crippen LogP contribution is 2.15. The first kappa shape index (κ1) is 17.8. The molecule has 0 aliphatic carbocycles. The summed E-state index contributed by atoms with van der Waals surface area (Å²) in [5.74, 6) is -0.831. The van der Waals surface area contributed by atoms with E-state index in [2.05, 4.69) is 15.6 Å². The molecule has 0 saturated carbocycles. The Morgan fingerprint density at radius 3 is 2.11 bits per heavy atom. The number of carbonyl (C=O) groups excluding carboxylic acids is 2. The van der Waals surface area contributed by atoms with Crippen LogP contribution < -0.4 is 10.6 Å². The van der Waals surface area contributed by atoms with Crippen molar-refractivity contribution in [2.75, 3.05) is 10.6 Å². The number of amides is 2. The van der Waals surface area contributed by atoms with Gasteiger partial charge in [0.05, 0.1) is 11.6 Å². The van der Waals surface area contributed by atoms with E-state index in [4.69, 9.17) is 5.26 Å². The lowest BCUT2D eigenvalue weighted by atomic mass is 10.2. The van der Waals surface area contributed by atoms with E-state index in [9.17, 15) is 9.59 Å². The fraction of sp³-hybridized carbons (Fsp3) is 0.0476. The van der Waals surface area contributed by atoms with Gasteiger partial charge in [-0.2, -0.15) is 5.26 Å². The van der Waals surface area contributed by atoms with Crippen molar-refractivity contribution in [3.63, 3.8) is 0 Å². The maximum Gasteiger partial charge on any atom is 0.274 e. The Balaban J connectivity index is 1.74. The molecule has 6 nitrogen and oxygen atoms in total. The van der Waals surface area contributed by atoms with Crippen LogP contribution in [0.1, 0.15) is 32.1 Å². The van der Waals surface area contributed by atoms with E-state index >= 15 is 0 Å². The van der Waals surface area contributed by atoms with Crippen LogP contribution in [0, 0.1) is 18.3 Å².